The van der Waals surface area contributed by atoms with Crippen LogP contribution in [0.4, 0.5) is 4.39 Å². The van der Waals surface area contributed by atoms with Gasteiger partial charge in [-0.25, -0.2) is 4.39 Å². The molecule has 0 saturated carbocycles. The average molecular weight is 114 g/mol. The zero-order valence-electron chi connectivity index (χ0n) is 5.15. The highest BCUT2D eigenvalue weighted by Gasteiger charge is 1.80. The van der Waals surface area contributed by atoms with Crippen molar-refractivity contribution in [3.05, 3.63) is 24.6 Å². The van der Waals surface area contributed by atoms with Gasteiger partial charge in [0.15, 0.2) is 0 Å². The molecule has 46 valence electrons. The molecule has 8 heavy (non-hydrogen) atoms. The van der Waals surface area contributed by atoms with E-state index < -0.39 is 0 Å². The van der Waals surface area contributed by atoms with Crippen LogP contribution >= 0.6 is 0 Å². The first-order valence-corrected chi connectivity index (χ1v) is 2.79. The van der Waals surface area contributed by atoms with E-state index in [1.807, 2.05) is 6.92 Å². The second-order valence-electron chi connectivity index (χ2n) is 1.58. The fourth-order valence-corrected chi connectivity index (χ4v) is 0.366. The highest BCUT2D eigenvalue weighted by atomic mass is 19.1. The molecule has 0 aliphatic rings. The summed E-state index contributed by atoms with van der Waals surface area (Å²) < 4.78 is 12.1. The van der Waals surface area contributed by atoms with Crippen LogP contribution in [0.1, 0.15) is 19.8 Å². The molecule has 0 bridgehead atoms. The maximum atomic E-state index is 12.1. The Hall–Kier alpha value is -0.590. The summed E-state index contributed by atoms with van der Waals surface area (Å²) in [5.74, 6) is -0.216. The fourth-order valence-electron chi connectivity index (χ4n) is 0.366. The molecule has 0 unspecified atom stereocenters. The van der Waals surface area contributed by atoms with Gasteiger partial charge in [-0.15, -0.1) is 0 Å². The third kappa shape index (κ3) is 3.59. The van der Waals surface area contributed by atoms with E-state index in [0.717, 1.165) is 12.8 Å². The molecule has 0 nitrogen and oxygen atoms in total. The Morgan fingerprint density at radius 2 is 2.38 bits per heavy atom. The normalized spacial score (nSPS) is 11.5. The van der Waals surface area contributed by atoms with Crippen molar-refractivity contribution < 1.29 is 4.39 Å². The first-order chi connectivity index (χ1) is 3.81. The smallest absolute Gasteiger partial charge is 0.118 e. The van der Waals surface area contributed by atoms with Gasteiger partial charge in [-0.3, -0.25) is 0 Å². The minimum atomic E-state index is -0.216. The first kappa shape index (κ1) is 7.41. The van der Waals surface area contributed by atoms with Crippen molar-refractivity contribution in [2.24, 2.45) is 0 Å². The summed E-state index contributed by atoms with van der Waals surface area (Å²) in [6, 6.07) is 0. The van der Waals surface area contributed by atoms with E-state index in [2.05, 4.69) is 6.58 Å². The van der Waals surface area contributed by atoms with Crippen molar-refractivity contribution in [2.45, 2.75) is 19.8 Å². The van der Waals surface area contributed by atoms with E-state index in [0.29, 0.717) is 0 Å². The average Bonchev–Trinajstić information content (AvgIpc) is 1.83. The van der Waals surface area contributed by atoms with Gasteiger partial charge in [0.05, 0.1) is 0 Å². The lowest BCUT2D eigenvalue weighted by molar-refractivity contribution is 0.658. The quantitative estimate of drug-likeness (QED) is 0.495. The van der Waals surface area contributed by atoms with Crippen molar-refractivity contribution in [1.82, 2.24) is 0 Å². The molecule has 0 aromatic heterocycles. The van der Waals surface area contributed by atoms with E-state index in [1.54, 1.807) is 0 Å². The van der Waals surface area contributed by atoms with Crippen molar-refractivity contribution in [3.8, 4) is 0 Å². The number of hydrogen-bond acceptors (Lipinski definition) is 0. The summed E-state index contributed by atoms with van der Waals surface area (Å²) in [6.45, 7) is 5.28. The van der Waals surface area contributed by atoms with Crippen LogP contribution in [0.15, 0.2) is 24.6 Å². The topological polar surface area (TPSA) is 0 Å². The van der Waals surface area contributed by atoms with Crippen molar-refractivity contribution in [1.29, 1.82) is 0 Å². The van der Waals surface area contributed by atoms with E-state index in [9.17, 15) is 4.39 Å². The lowest BCUT2D eigenvalue weighted by Crippen LogP contribution is -1.64. The molecule has 0 radical (unpaired) electrons. The largest absolute Gasteiger partial charge is 0.207 e. The van der Waals surface area contributed by atoms with Gasteiger partial charge in [-0.2, -0.15) is 0 Å². The molecule has 0 fully saturated rings. The Morgan fingerprint density at radius 3 is 2.75 bits per heavy atom. The first-order valence-electron chi connectivity index (χ1n) is 2.79. The molecule has 0 saturated heterocycles. The van der Waals surface area contributed by atoms with Gasteiger partial charge < -0.3 is 0 Å². The predicted octanol–water partition coefficient (Wildman–Crippen LogP) is 2.83. The molecule has 0 heterocycles. The number of allylic oxidation sites excluding steroid dienone is 3. The van der Waals surface area contributed by atoms with E-state index in [-0.39, 0.29) is 5.83 Å². The van der Waals surface area contributed by atoms with Gasteiger partial charge in [-0.1, -0.05) is 19.9 Å². The van der Waals surface area contributed by atoms with Crippen LogP contribution in [0, 0.1) is 0 Å². The maximum absolute atomic E-state index is 12.1. The van der Waals surface area contributed by atoms with Gasteiger partial charge in [0, 0.05) is 0 Å². The SMILES string of the molecule is C=CC(F)=CCCC. The molecule has 0 aromatic carbocycles. The minimum Gasteiger partial charge on any atom is -0.207 e. The minimum absolute atomic E-state index is 0.216. The third-order valence-electron chi connectivity index (χ3n) is 0.823. The van der Waals surface area contributed by atoms with Crippen molar-refractivity contribution in [2.75, 3.05) is 0 Å². The maximum Gasteiger partial charge on any atom is 0.118 e. The number of hydrogen-bond donors (Lipinski definition) is 0. The molecule has 0 aromatic rings. The molecule has 0 amide bonds. The van der Waals surface area contributed by atoms with Gasteiger partial charge in [0.2, 0.25) is 0 Å². The standard InChI is InChI=1S/C7H11F/c1-3-5-6-7(8)4-2/h4,6H,2-3,5H2,1H3. The second-order valence-corrected chi connectivity index (χ2v) is 1.58. The highest BCUT2D eigenvalue weighted by molar-refractivity contribution is 5.06. The van der Waals surface area contributed by atoms with Crippen LogP contribution in [0.2, 0.25) is 0 Å². The summed E-state index contributed by atoms with van der Waals surface area (Å²) in [7, 11) is 0. The molecule has 0 N–H and O–H groups in total. The monoisotopic (exact) mass is 114 g/mol. The zero-order valence-corrected chi connectivity index (χ0v) is 5.15. The number of unbranched alkanes of at least 4 members (excludes halogenated alkanes) is 1. The molecule has 0 spiro atoms. The van der Waals surface area contributed by atoms with Crippen LogP contribution < -0.4 is 0 Å². The van der Waals surface area contributed by atoms with Crippen LogP contribution in [0.3, 0.4) is 0 Å². The van der Waals surface area contributed by atoms with Gasteiger partial charge >= 0.3 is 0 Å². The van der Waals surface area contributed by atoms with E-state index in [1.165, 1.54) is 12.2 Å². The number of rotatable bonds is 3. The lowest BCUT2D eigenvalue weighted by atomic mass is 10.3. The Labute approximate surface area is 49.7 Å². The van der Waals surface area contributed by atoms with Crippen molar-refractivity contribution >= 4 is 0 Å². The van der Waals surface area contributed by atoms with Gasteiger partial charge in [0.25, 0.3) is 0 Å². The molecule has 1 heteroatoms. The summed E-state index contributed by atoms with van der Waals surface area (Å²) >= 11 is 0. The van der Waals surface area contributed by atoms with Crippen LogP contribution in [-0.2, 0) is 0 Å². The molecule has 0 aliphatic carbocycles. The molecular weight excluding hydrogens is 103 g/mol. The highest BCUT2D eigenvalue weighted by Crippen LogP contribution is 1.99. The fraction of sp³-hybridized carbons (Fsp3) is 0.429. The predicted molar refractivity (Wildman–Crippen MR) is 34.3 cm³/mol. The number of halogens is 1. The van der Waals surface area contributed by atoms with E-state index in [4.69, 9.17) is 0 Å². The van der Waals surface area contributed by atoms with Gasteiger partial charge in [0.1, 0.15) is 5.83 Å². The lowest BCUT2D eigenvalue weighted by Gasteiger charge is -1.83. The van der Waals surface area contributed by atoms with Crippen LogP contribution in [0.5, 0.6) is 0 Å². The summed E-state index contributed by atoms with van der Waals surface area (Å²) in [6.07, 6.45) is 4.54. The Morgan fingerprint density at radius 1 is 1.75 bits per heavy atom. The molecule has 0 rings (SSSR count). The Bertz CT molecular complexity index is 92.6. The van der Waals surface area contributed by atoms with Gasteiger partial charge in [-0.05, 0) is 18.6 Å². The van der Waals surface area contributed by atoms with Crippen molar-refractivity contribution in [3.63, 3.8) is 0 Å². The van der Waals surface area contributed by atoms with E-state index >= 15 is 0 Å². The summed E-state index contributed by atoms with van der Waals surface area (Å²) in [5.41, 5.74) is 0. The molecule has 0 aliphatic heterocycles. The summed E-state index contributed by atoms with van der Waals surface area (Å²) in [4.78, 5) is 0. The Balaban J connectivity index is 3.40. The Kier molecular flexibility index (Phi) is 4.23. The molecular formula is C7H11F. The zero-order chi connectivity index (χ0) is 6.41. The second kappa shape index (κ2) is 4.57. The third-order valence-corrected chi connectivity index (χ3v) is 0.823. The van der Waals surface area contributed by atoms with Crippen LogP contribution in [0.25, 0.3) is 0 Å². The van der Waals surface area contributed by atoms with Crippen LogP contribution in [-0.4, -0.2) is 0 Å². The summed E-state index contributed by atoms with van der Waals surface area (Å²) in [5, 5.41) is 0. The molecule has 0 atom stereocenters.